The van der Waals surface area contributed by atoms with E-state index in [0.29, 0.717) is 0 Å². The average Bonchev–Trinajstić information content (AvgIpc) is 2.58. The predicted molar refractivity (Wildman–Crippen MR) is 82.4 cm³/mol. The molecule has 19 heavy (non-hydrogen) atoms. The number of halogens is 1. The van der Waals surface area contributed by atoms with E-state index in [0.717, 1.165) is 5.56 Å². The molecule has 96 valence electrons. The van der Waals surface area contributed by atoms with Crippen molar-refractivity contribution in [2.24, 2.45) is 0 Å². The highest BCUT2D eigenvalue weighted by molar-refractivity contribution is 7.07. The number of hydrogen-bond donors (Lipinski definition) is 0. The fourth-order valence-electron chi connectivity index (χ4n) is 3.29. The lowest BCUT2D eigenvalue weighted by molar-refractivity contribution is 0.628. The Morgan fingerprint density at radius 1 is 0.947 bits per heavy atom. The molecule has 0 aromatic heterocycles. The van der Waals surface area contributed by atoms with Crippen LogP contribution in [0.25, 0.3) is 10.8 Å². The van der Waals surface area contributed by atoms with Crippen molar-refractivity contribution in [3.05, 3.63) is 65.5 Å². The van der Waals surface area contributed by atoms with Gasteiger partial charge in [0.15, 0.2) is 0 Å². The van der Waals surface area contributed by atoms with E-state index in [9.17, 15) is 4.39 Å². The SMILES string of the molecule is CC1=C(c2ccccc2)[Si](C)(C)c2ccc(F)cc21. The first-order chi connectivity index (χ1) is 9.01. The maximum absolute atomic E-state index is 13.5. The standard InChI is InChI=1S/C17H17FSi/c1-12-15-11-14(18)9-10-16(15)19(2,3)17(12)13-7-5-4-6-8-13/h4-11H,1-3H3. The Bertz CT molecular complexity index is 669. The summed E-state index contributed by atoms with van der Waals surface area (Å²) in [5, 5.41) is 2.79. The summed E-state index contributed by atoms with van der Waals surface area (Å²) < 4.78 is 13.5. The molecule has 1 aliphatic heterocycles. The molecule has 1 aliphatic rings. The molecule has 0 saturated carbocycles. The zero-order chi connectivity index (χ0) is 13.6. The minimum absolute atomic E-state index is 0.141. The van der Waals surface area contributed by atoms with Gasteiger partial charge in [-0.2, -0.15) is 0 Å². The zero-order valence-electron chi connectivity index (χ0n) is 11.5. The maximum Gasteiger partial charge on any atom is 0.123 e. The predicted octanol–water partition coefficient (Wildman–Crippen LogP) is 4.22. The second-order valence-corrected chi connectivity index (χ2v) is 9.97. The first kappa shape index (κ1) is 12.4. The Hall–Kier alpha value is -1.67. The molecule has 3 rings (SSSR count). The normalized spacial score (nSPS) is 16.6. The van der Waals surface area contributed by atoms with Crippen molar-refractivity contribution < 1.29 is 4.39 Å². The number of allylic oxidation sites excluding steroid dienone is 1. The van der Waals surface area contributed by atoms with Gasteiger partial charge < -0.3 is 0 Å². The van der Waals surface area contributed by atoms with E-state index in [1.807, 2.05) is 12.1 Å². The lowest BCUT2D eigenvalue weighted by Crippen LogP contribution is -2.40. The summed E-state index contributed by atoms with van der Waals surface area (Å²) >= 11 is 0. The van der Waals surface area contributed by atoms with Crippen LogP contribution in [0.3, 0.4) is 0 Å². The molecule has 0 atom stereocenters. The van der Waals surface area contributed by atoms with Gasteiger partial charge in [-0.25, -0.2) is 4.39 Å². The summed E-state index contributed by atoms with van der Waals surface area (Å²) in [6.07, 6.45) is 0. The maximum atomic E-state index is 13.5. The molecule has 2 aromatic carbocycles. The fraction of sp³-hybridized carbons (Fsp3) is 0.176. The van der Waals surface area contributed by atoms with Crippen LogP contribution in [-0.2, 0) is 0 Å². The second kappa shape index (κ2) is 4.17. The van der Waals surface area contributed by atoms with E-state index in [2.05, 4.69) is 44.3 Å². The Balaban J connectivity index is 2.27. The van der Waals surface area contributed by atoms with Crippen LogP contribution in [0.2, 0.25) is 13.1 Å². The van der Waals surface area contributed by atoms with Crippen LogP contribution in [0.5, 0.6) is 0 Å². The van der Waals surface area contributed by atoms with Crippen LogP contribution in [0.15, 0.2) is 48.5 Å². The molecule has 0 N–H and O–H groups in total. The number of rotatable bonds is 1. The van der Waals surface area contributed by atoms with Crippen molar-refractivity contribution in [3.63, 3.8) is 0 Å². The van der Waals surface area contributed by atoms with Gasteiger partial charge in [0.1, 0.15) is 13.9 Å². The van der Waals surface area contributed by atoms with Gasteiger partial charge in [0.05, 0.1) is 0 Å². The minimum atomic E-state index is -1.70. The molecule has 0 fully saturated rings. The van der Waals surface area contributed by atoms with Crippen LogP contribution in [0, 0.1) is 5.82 Å². The van der Waals surface area contributed by atoms with E-state index in [4.69, 9.17) is 0 Å². The Labute approximate surface area is 114 Å². The summed E-state index contributed by atoms with van der Waals surface area (Å²) in [5.74, 6) is -0.141. The summed E-state index contributed by atoms with van der Waals surface area (Å²) in [7, 11) is -1.70. The molecule has 0 spiro atoms. The molecule has 0 nitrogen and oxygen atoms in total. The minimum Gasteiger partial charge on any atom is -0.207 e. The smallest absolute Gasteiger partial charge is 0.123 e. The van der Waals surface area contributed by atoms with E-state index < -0.39 is 8.07 Å². The van der Waals surface area contributed by atoms with Crippen LogP contribution < -0.4 is 5.19 Å². The van der Waals surface area contributed by atoms with Gasteiger partial charge in [0.25, 0.3) is 0 Å². The quantitative estimate of drug-likeness (QED) is 0.679. The fourth-order valence-corrected chi connectivity index (χ4v) is 6.95. The monoisotopic (exact) mass is 268 g/mol. The lowest BCUT2D eigenvalue weighted by atomic mass is 10.0. The highest BCUT2D eigenvalue weighted by atomic mass is 28.3. The third kappa shape index (κ3) is 1.79. The van der Waals surface area contributed by atoms with Gasteiger partial charge in [-0.15, -0.1) is 0 Å². The van der Waals surface area contributed by atoms with Crippen molar-refractivity contribution in [2.75, 3.05) is 0 Å². The molecular formula is C17H17FSi. The highest BCUT2D eigenvalue weighted by Crippen LogP contribution is 2.39. The van der Waals surface area contributed by atoms with E-state index in [1.165, 1.54) is 21.5 Å². The summed E-state index contributed by atoms with van der Waals surface area (Å²) in [4.78, 5) is 0. The first-order valence-electron chi connectivity index (χ1n) is 6.59. The second-order valence-electron chi connectivity index (χ2n) is 5.68. The van der Waals surface area contributed by atoms with Crippen molar-refractivity contribution >= 4 is 24.0 Å². The molecule has 0 bridgehead atoms. The average molecular weight is 268 g/mol. The van der Waals surface area contributed by atoms with Crippen molar-refractivity contribution in [1.82, 2.24) is 0 Å². The number of benzene rings is 2. The van der Waals surface area contributed by atoms with E-state index in [-0.39, 0.29) is 5.82 Å². The van der Waals surface area contributed by atoms with E-state index in [1.54, 1.807) is 12.1 Å². The Morgan fingerprint density at radius 3 is 2.32 bits per heavy atom. The molecular weight excluding hydrogens is 251 g/mol. The van der Waals surface area contributed by atoms with Crippen molar-refractivity contribution in [1.29, 1.82) is 0 Å². The van der Waals surface area contributed by atoms with Crippen molar-refractivity contribution in [2.45, 2.75) is 20.0 Å². The van der Waals surface area contributed by atoms with Gasteiger partial charge in [0.2, 0.25) is 0 Å². The van der Waals surface area contributed by atoms with Gasteiger partial charge in [0, 0.05) is 0 Å². The zero-order valence-corrected chi connectivity index (χ0v) is 12.5. The third-order valence-electron chi connectivity index (χ3n) is 4.12. The highest BCUT2D eigenvalue weighted by Gasteiger charge is 2.38. The molecule has 0 amide bonds. The molecule has 2 aromatic rings. The Kier molecular flexibility index (Phi) is 2.71. The van der Waals surface area contributed by atoms with E-state index >= 15 is 0 Å². The molecule has 2 heteroatoms. The molecule has 0 radical (unpaired) electrons. The summed E-state index contributed by atoms with van der Waals surface area (Å²) in [6.45, 7) is 6.83. The molecule has 0 saturated heterocycles. The third-order valence-corrected chi connectivity index (χ3v) is 7.82. The van der Waals surface area contributed by atoms with Crippen molar-refractivity contribution in [3.8, 4) is 0 Å². The van der Waals surface area contributed by atoms with Crippen LogP contribution in [0.4, 0.5) is 4.39 Å². The van der Waals surface area contributed by atoms with Gasteiger partial charge >= 0.3 is 0 Å². The summed E-state index contributed by atoms with van der Waals surface area (Å²) in [6, 6.07) is 15.8. The van der Waals surface area contributed by atoms with Crippen LogP contribution >= 0.6 is 0 Å². The summed E-state index contributed by atoms with van der Waals surface area (Å²) in [5.41, 5.74) is 3.64. The molecule has 0 unspecified atom stereocenters. The van der Waals surface area contributed by atoms with Crippen LogP contribution in [0.1, 0.15) is 18.1 Å². The lowest BCUT2D eigenvalue weighted by Gasteiger charge is -2.22. The van der Waals surface area contributed by atoms with Gasteiger partial charge in [-0.05, 0) is 46.1 Å². The molecule has 0 aliphatic carbocycles. The first-order valence-corrected chi connectivity index (χ1v) is 9.59. The van der Waals surface area contributed by atoms with Gasteiger partial charge in [-0.3, -0.25) is 0 Å². The Morgan fingerprint density at radius 2 is 1.63 bits per heavy atom. The molecule has 1 heterocycles. The largest absolute Gasteiger partial charge is 0.207 e. The number of fused-ring (bicyclic) bond motifs is 1. The van der Waals surface area contributed by atoms with Gasteiger partial charge in [-0.1, -0.05) is 49.5 Å². The number of hydrogen-bond acceptors (Lipinski definition) is 0. The topological polar surface area (TPSA) is 0 Å². The van der Waals surface area contributed by atoms with Crippen LogP contribution in [-0.4, -0.2) is 8.07 Å².